The SMILES string of the molecule is Cc1cc(C23CC4CC(c5cc(C)c(O)c(C)c5)(C2)CC(C(C)C)(C4)C3)cc(C)c1O. The van der Waals surface area contributed by atoms with Crippen molar-refractivity contribution in [3.05, 3.63) is 57.6 Å². The average Bonchev–Trinajstić information content (AvgIpc) is 2.68. The summed E-state index contributed by atoms with van der Waals surface area (Å²) in [6.07, 6.45) is 7.66. The first-order valence-corrected chi connectivity index (χ1v) is 12.1. The first-order valence-electron chi connectivity index (χ1n) is 12.1. The Hall–Kier alpha value is -1.96. The van der Waals surface area contributed by atoms with Crippen molar-refractivity contribution in [3.8, 4) is 11.5 Å². The Morgan fingerprint density at radius 1 is 0.677 bits per heavy atom. The molecular formula is C29H38O2. The molecule has 0 heterocycles. The van der Waals surface area contributed by atoms with Gasteiger partial charge in [-0.25, -0.2) is 0 Å². The summed E-state index contributed by atoms with van der Waals surface area (Å²) < 4.78 is 0. The second-order valence-corrected chi connectivity index (χ2v) is 12.0. The Morgan fingerprint density at radius 3 is 1.42 bits per heavy atom. The fraction of sp³-hybridized carbons (Fsp3) is 0.586. The molecule has 4 fully saturated rings. The van der Waals surface area contributed by atoms with E-state index >= 15 is 0 Å². The standard InChI is InChI=1S/C29H38O2/c1-17(2)27-11-22-12-28(14-27,23-7-18(3)25(30)19(4)8-23)16-29(13-22,15-27)24-9-20(5)26(31)21(6)10-24/h7-10,17,22,30-31H,11-16H2,1-6H3. The van der Waals surface area contributed by atoms with Gasteiger partial charge in [-0.1, -0.05) is 38.1 Å². The van der Waals surface area contributed by atoms with Gasteiger partial charge in [0.05, 0.1) is 0 Å². The maximum atomic E-state index is 10.4. The Balaban J connectivity index is 1.71. The average molecular weight is 419 g/mol. The van der Waals surface area contributed by atoms with E-state index in [1.807, 2.05) is 27.7 Å². The van der Waals surface area contributed by atoms with E-state index in [4.69, 9.17) is 0 Å². The second kappa shape index (κ2) is 6.53. The first kappa shape index (κ1) is 20.9. The molecule has 0 amide bonds. The summed E-state index contributed by atoms with van der Waals surface area (Å²) in [5.41, 5.74) is 7.68. The lowest BCUT2D eigenvalue weighted by molar-refractivity contribution is -0.113. The monoisotopic (exact) mass is 418 g/mol. The van der Waals surface area contributed by atoms with E-state index in [1.165, 1.54) is 49.7 Å². The molecule has 0 saturated heterocycles. The maximum Gasteiger partial charge on any atom is 0.121 e. The highest BCUT2D eigenvalue weighted by Gasteiger charge is 2.64. The molecule has 166 valence electrons. The molecule has 2 atom stereocenters. The van der Waals surface area contributed by atoms with Crippen molar-refractivity contribution >= 4 is 0 Å². The molecule has 4 aliphatic carbocycles. The minimum absolute atomic E-state index is 0.187. The first-order chi connectivity index (χ1) is 14.5. The number of aromatic hydroxyl groups is 2. The number of hydrogen-bond acceptors (Lipinski definition) is 2. The van der Waals surface area contributed by atoms with Gasteiger partial charge in [0.15, 0.2) is 0 Å². The highest BCUT2D eigenvalue weighted by Crippen LogP contribution is 2.72. The van der Waals surface area contributed by atoms with Crippen molar-refractivity contribution < 1.29 is 10.2 Å². The molecule has 0 radical (unpaired) electrons. The van der Waals surface area contributed by atoms with E-state index < -0.39 is 0 Å². The molecule has 4 aliphatic rings. The van der Waals surface area contributed by atoms with Crippen molar-refractivity contribution in [2.24, 2.45) is 17.3 Å². The van der Waals surface area contributed by atoms with Crippen LogP contribution < -0.4 is 0 Å². The van der Waals surface area contributed by atoms with Crippen LogP contribution in [0.2, 0.25) is 0 Å². The van der Waals surface area contributed by atoms with Crippen LogP contribution in [0, 0.1) is 44.9 Å². The van der Waals surface area contributed by atoms with E-state index in [0.29, 0.717) is 22.8 Å². The molecule has 4 bridgehead atoms. The minimum atomic E-state index is 0.187. The third-order valence-electron chi connectivity index (χ3n) is 9.54. The third-order valence-corrected chi connectivity index (χ3v) is 9.54. The molecule has 4 saturated carbocycles. The maximum absolute atomic E-state index is 10.4. The second-order valence-electron chi connectivity index (χ2n) is 12.0. The lowest BCUT2D eigenvalue weighted by Crippen LogP contribution is -2.61. The van der Waals surface area contributed by atoms with Crippen LogP contribution >= 0.6 is 0 Å². The summed E-state index contributed by atoms with van der Waals surface area (Å²) in [7, 11) is 0. The van der Waals surface area contributed by atoms with Gasteiger partial charge in [0.1, 0.15) is 11.5 Å². The van der Waals surface area contributed by atoms with Gasteiger partial charge in [-0.15, -0.1) is 0 Å². The minimum Gasteiger partial charge on any atom is -0.507 e. The van der Waals surface area contributed by atoms with Crippen LogP contribution in [-0.2, 0) is 10.8 Å². The number of rotatable bonds is 3. The fourth-order valence-corrected chi connectivity index (χ4v) is 8.32. The zero-order valence-electron chi connectivity index (χ0n) is 20.1. The van der Waals surface area contributed by atoms with E-state index in [2.05, 4.69) is 38.1 Å². The molecule has 2 aromatic carbocycles. The Bertz CT molecular complexity index is 943. The molecule has 2 unspecified atom stereocenters. The van der Waals surface area contributed by atoms with Crippen LogP contribution in [0.4, 0.5) is 0 Å². The van der Waals surface area contributed by atoms with Gasteiger partial charge in [-0.3, -0.25) is 0 Å². The summed E-state index contributed by atoms with van der Waals surface area (Å²) in [6.45, 7) is 13.1. The molecule has 6 rings (SSSR count). The highest BCUT2D eigenvalue weighted by molar-refractivity contribution is 5.49. The van der Waals surface area contributed by atoms with Crippen molar-refractivity contribution in [2.75, 3.05) is 0 Å². The van der Waals surface area contributed by atoms with E-state index in [1.54, 1.807) is 0 Å². The van der Waals surface area contributed by atoms with Crippen LogP contribution in [0.25, 0.3) is 0 Å². The van der Waals surface area contributed by atoms with Gasteiger partial charge in [0, 0.05) is 0 Å². The molecule has 31 heavy (non-hydrogen) atoms. The summed E-state index contributed by atoms with van der Waals surface area (Å²) in [5.74, 6) is 2.31. The Morgan fingerprint density at radius 2 is 1.06 bits per heavy atom. The normalized spacial score (nSPS) is 34.0. The van der Waals surface area contributed by atoms with Crippen LogP contribution in [0.15, 0.2) is 24.3 Å². The quantitative estimate of drug-likeness (QED) is 0.556. The molecule has 2 N–H and O–H groups in total. The predicted octanol–water partition coefficient (Wildman–Crippen LogP) is 7.15. The molecule has 0 spiro atoms. The molecule has 0 aromatic heterocycles. The van der Waals surface area contributed by atoms with Crippen LogP contribution in [0.1, 0.15) is 85.8 Å². The van der Waals surface area contributed by atoms with Gasteiger partial charge in [0.2, 0.25) is 0 Å². The lowest BCUT2D eigenvalue weighted by Gasteiger charge is -2.68. The Labute approximate surface area is 187 Å². The van der Waals surface area contributed by atoms with E-state index in [9.17, 15) is 10.2 Å². The molecule has 0 aliphatic heterocycles. The van der Waals surface area contributed by atoms with Gasteiger partial charge < -0.3 is 10.2 Å². The number of phenols is 2. The largest absolute Gasteiger partial charge is 0.507 e. The van der Waals surface area contributed by atoms with Crippen LogP contribution in [0.3, 0.4) is 0 Å². The summed E-state index contributed by atoms with van der Waals surface area (Å²) in [4.78, 5) is 0. The van der Waals surface area contributed by atoms with E-state index in [-0.39, 0.29) is 10.8 Å². The van der Waals surface area contributed by atoms with Crippen molar-refractivity contribution in [1.29, 1.82) is 0 Å². The number of phenolic OH excluding ortho intramolecular Hbond substituents is 2. The summed E-state index contributed by atoms with van der Waals surface area (Å²) in [6, 6.07) is 9.13. The van der Waals surface area contributed by atoms with Crippen LogP contribution in [-0.4, -0.2) is 10.2 Å². The third kappa shape index (κ3) is 2.90. The fourth-order valence-electron chi connectivity index (χ4n) is 8.32. The molecule has 2 heteroatoms. The highest BCUT2D eigenvalue weighted by atomic mass is 16.3. The zero-order chi connectivity index (χ0) is 22.3. The van der Waals surface area contributed by atoms with Crippen LogP contribution in [0.5, 0.6) is 11.5 Å². The van der Waals surface area contributed by atoms with Crippen molar-refractivity contribution in [2.45, 2.75) is 90.9 Å². The summed E-state index contributed by atoms with van der Waals surface area (Å²) in [5, 5.41) is 20.9. The zero-order valence-corrected chi connectivity index (χ0v) is 20.1. The summed E-state index contributed by atoms with van der Waals surface area (Å²) >= 11 is 0. The molecule has 2 nitrogen and oxygen atoms in total. The van der Waals surface area contributed by atoms with Gasteiger partial charge in [0.25, 0.3) is 0 Å². The topological polar surface area (TPSA) is 40.5 Å². The Kier molecular flexibility index (Phi) is 4.40. The van der Waals surface area contributed by atoms with Gasteiger partial charge in [-0.2, -0.15) is 0 Å². The number of aryl methyl sites for hydroxylation is 4. The van der Waals surface area contributed by atoms with Gasteiger partial charge >= 0.3 is 0 Å². The number of benzene rings is 2. The van der Waals surface area contributed by atoms with Crippen molar-refractivity contribution in [1.82, 2.24) is 0 Å². The predicted molar refractivity (Wildman–Crippen MR) is 127 cm³/mol. The smallest absolute Gasteiger partial charge is 0.121 e. The lowest BCUT2D eigenvalue weighted by atomic mass is 9.36. The van der Waals surface area contributed by atoms with Gasteiger partial charge in [-0.05, 0) is 128 Å². The molecular weight excluding hydrogens is 380 g/mol. The van der Waals surface area contributed by atoms with Crippen molar-refractivity contribution in [3.63, 3.8) is 0 Å². The van der Waals surface area contributed by atoms with E-state index in [0.717, 1.165) is 28.2 Å². The number of hydrogen-bond donors (Lipinski definition) is 2. The molecule has 2 aromatic rings.